The molecular formula is C23H25ClF2N2O3. The van der Waals surface area contributed by atoms with Gasteiger partial charge in [-0.25, -0.2) is 8.78 Å². The fourth-order valence-electron chi connectivity index (χ4n) is 4.81. The lowest BCUT2D eigenvalue weighted by Crippen LogP contribution is -2.42. The van der Waals surface area contributed by atoms with Gasteiger partial charge in [0.15, 0.2) is 11.6 Å². The maximum atomic E-state index is 13.9. The lowest BCUT2D eigenvalue weighted by Gasteiger charge is -2.38. The van der Waals surface area contributed by atoms with Gasteiger partial charge >= 0.3 is 5.97 Å². The Balaban J connectivity index is 1.66. The molecule has 0 atom stereocenters. The molecule has 0 saturated heterocycles. The van der Waals surface area contributed by atoms with Crippen LogP contribution in [-0.2, 0) is 15.2 Å². The van der Waals surface area contributed by atoms with Crippen LogP contribution in [0.2, 0.25) is 5.02 Å². The minimum absolute atomic E-state index is 0.0767. The van der Waals surface area contributed by atoms with Crippen LogP contribution in [0.25, 0.3) is 0 Å². The van der Waals surface area contributed by atoms with Crippen molar-refractivity contribution in [1.29, 1.82) is 0 Å². The van der Waals surface area contributed by atoms with Crippen LogP contribution in [0.5, 0.6) is 5.75 Å². The molecule has 2 aliphatic rings. The van der Waals surface area contributed by atoms with Crippen LogP contribution >= 0.6 is 11.6 Å². The van der Waals surface area contributed by atoms with Crippen LogP contribution < -0.4 is 15.4 Å². The van der Waals surface area contributed by atoms with Crippen molar-refractivity contribution in [3.05, 3.63) is 52.6 Å². The second-order valence-electron chi connectivity index (χ2n) is 8.26. The van der Waals surface area contributed by atoms with E-state index in [0.717, 1.165) is 43.4 Å². The Labute approximate surface area is 185 Å². The largest absolute Gasteiger partial charge is 0.496 e. The van der Waals surface area contributed by atoms with E-state index in [2.05, 4.69) is 10.6 Å². The molecule has 2 N–H and O–H groups in total. The Morgan fingerprint density at radius 3 is 2.23 bits per heavy atom. The van der Waals surface area contributed by atoms with Gasteiger partial charge in [0.1, 0.15) is 11.4 Å². The molecule has 166 valence electrons. The van der Waals surface area contributed by atoms with Crippen LogP contribution in [-0.4, -0.2) is 20.2 Å². The number of hydrogen-bond acceptors (Lipinski definition) is 5. The van der Waals surface area contributed by atoms with Crippen molar-refractivity contribution in [2.45, 2.75) is 37.8 Å². The van der Waals surface area contributed by atoms with E-state index in [1.54, 1.807) is 19.2 Å². The van der Waals surface area contributed by atoms with Crippen molar-refractivity contribution in [1.82, 2.24) is 0 Å². The zero-order valence-electron chi connectivity index (χ0n) is 17.4. The van der Waals surface area contributed by atoms with Crippen LogP contribution in [0.4, 0.5) is 20.2 Å². The summed E-state index contributed by atoms with van der Waals surface area (Å²) in [4.78, 5) is 11.9. The number of carbonyl (C=O) groups is 1. The highest BCUT2D eigenvalue weighted by Gasteiger charge is 2.43. The van der Waals surface area contributed by atoms with Crippen molar-refractivity contribution < 1.29 is 23.0 Å². The van der Waals surface area contributed by atoms with Gasteiger partial charge < -0.3 is 20.1 Å². The SMILES string of the molecule is COC(=O)C1CCC(CC2(c3ccc(Cl)cc3OC)Nc3cc(F)c(F)cc3N2)CC1. The molecule has 2 aromatic carbocycles. The van der Waals surface area contributed by atoms with E-state index in [9.17, 15) is 13.6 Å². The molecule has 0 bridgehead atoms. The molecule has 31 heavy (non-hydrogen) atoms. The molecule has 1 fully saturated rings. The monoisotopic (exact) mass is 450 g/mol. The second-order valence-corrected chi connectivity index (χ2v) is 8.69. The molecule has 1 saturated carbocycles. The Hall–Kier alpha value is -2.54. The molecule has 4 rings (SSSR count). The Kier molecular flexibility index (Phi) is 5.97. The summed E-state index contributed by atoms with van der Waals surface area (Å²) in [7, 11) is 2.98. The molecule has 0 amide bonds. The van der Waals surface area contributed by atoms with Gasteiger partial charge in [0.25, 0.3) is 0 Å². The lowest BCUT2D eigenvalue weighted by molar-refractivity contribution is -0.146. The number of ether oxygens (including phenoxy) is 2. The Bertz CT molecular complexity index is 962. The number of anilines is 2. The molecule has 1 aliphatic carbocycles. The van der Waals surface area contributed by atoms with E-state index >= 15 is 0 Å². The second kappa shape index (κ2) is 8.54. The summed E-state index contributed by atoms with van der Waals surface area (Å²) in [5, 5.41) is 7.30. The Morgan fingerprint density at radius 1 is 1.06 bits per heavy atom. The number of carbonyl (C=O) groups excluding carboxylic acids is 1. The van der Waals surface area contributed by atoms with Gasteiger partial charge in [0, 0.05) is 22.7 Å². The summed E-state index contributed by atoms with van der Waals surface area (Å²) in [5.74, 6) is -1.21. The predicted octanol–water partition coefficient (Wildman–Crippen LogP) is 5.69. The summed E-state index contributed by atoms with van der Waals surface area (Å²) in [6.45, 7) is 0. The molecule has 8 heteroatoms. The first-order valence-corrected chi connectivity index (χ1v) is 10.7. The van der Waals surface area contributed by atoms with Gasteiger partial charge in [-0.15, -0.1) is 0 Å². The first kappa shape index (κ1) is 21.7. The smallest absolute Gasteiger partial charge is 0.308 e. The molecule has 2 aromatic rings. The molecule has 1 aliphatic heterocycles. The van der Waals surface area contributed by atoms with Gasteiger partial charge in [-0.05, 0) is 56.2 Å². The normalized spacial score (nSPS) is 21.6. The average molecular weight is 451 g/mol. The minimum Gasteiger partial charge on any atom is -0.496 e. The van der Waals surface area contributed by atoms with Crippen LogP contribution in [0, 0.1) is 23.5 Å². The zero-order valence-corrected chi connectivity index (χ0v) is 18.2. The zero-order chi connectivity index (χ0) is 22.2. The average Bonchev–Trinajstić information content (AvgIpc) is 3.11. The highest BCUT2D eigenvalue weighted by atomic mass is 35.5. The standard InChI is InChI=1S/C23H25ClF2N2O3/c1-30-21-9-15(24)7-8-16(21)23(12-13-3-5-14(6-4-13)22(29)31-2)27-19-10-17(25)18(26)11-20(19)28-23/h7-11,13-14,27-28H,3-6,12H2,1-2H3. The van der Waals surface area contributed by atoms with E-state index < -0.39 is 17.3 Å². The summed E-state index contributed by atoms with van der Waals surface area (Å²) < 4.78 is 38.3. The van der Waals surface area contributed by atoms with E-state index in [4.69, 9.17) is 21.1 Å². The highest BCUT2D eigenvalue weighted by Crippen LogP contribution is 2.48. The highest BCUT2D eigenvalue weighted by molar-refractivity contribution is 6.30. The number of nitrogens with one attached hydrogen (secondary N) is 2. The number of esters is 1. The van der Waals surface area contributed by atoms with Crippen LogP contribution in [0.15, 0.2) is 30.3 Å². The third kappa shape index (κ3) is 4.15. The molecule has 5 nitrogen and oxygen atoms in total. The van der Waals surface area contributed by atoms with Gasteiger partial charge in [0.05, 0.1) is 31.5 Å². The van der Waals surface area contributed by atoms with Crippen molar-refractivity contribution in [2.75, 3.05) is 24.9 Å². The number of methoxy groups -OCH3 is 2. The molecule has 0 unspecified atom stereocenters. The van der Waals surface area contributed by atoms with Crippen molar-refractivity contribution in [2.24, 2.45) is 11.8 Å². The minimum atomic E-state index is -0.912. The first-order valence-electron chi connectivity index (χ1n) is 10.3. The molecule has 1 heterocycles. The number of halogens is 3. The third-order valence-electron chi connectivity index (χ3n) is 6.36. The summed E-state index contributed by atoms with van der Waals surface area (Å²) in [6, 6.07) is 7.68. The molecular weight excluding hydrogens is 426 g/mol. The number of rotatable bonds is 5. The van der Waals surface area contributed by atoms with E-state index in [1.807, 2.05) is 6.07 Å². The van der Waals surface area contributed by atoms with Crippen LogP contribution in [0.3, 0.4) is 0 Å². The summed E-state index contributed by atoms with van der Waals surface area (Å²) in [5.41, 5.74) is 0.936. The predicted molar refractivity (Wildman–Crippen MR) is 115 cm³/mol. The van der Waals surface area contributed by atoms with Gasteiger partial charge in [-0.1, -0.05) is 11.6 Å². The van der Waals surface area contributed by atoms with Gasteiger partial charge in [-0.2, -0.15) is 0 Å². The van der Waals surface area contributed by atoms with Crippen LogP contribution in [0.1, 0.15) is 37.7 Å². The van der Waals surface area contributed by atoms with Gasteiger partial charge in [0.2, 0.25) is 0 Å². The topological polar surface area (TPSA) is 59.6 Å². The molecule has 0 spiro atoms. The van der Waals surface area contributed by atoms with Gasteiger partial charge in [-0.3, -0.25) is 4.79 Å². The van der Waals surface area contributed by atoms with Crippen molar-refractivity contribution in [3.63, 3.8) is 0 Å². The maximum absolute atomic E-state index is 13.9. The summed E-state index contributed by atoms with van der Waals surface area (Å²) in [6.07, 6.45) is 3.83. The van der Waals surface area contributed by atoms with E-state index in [-0.39, 0.29) is 17.8 Å². The van der Waals surface area contributed by atoms with Crippen molar-refractivity contribution in [3.8, 4) is 5.75 Å². The Morgan fingerprint density at radius 2 is 1.68 bits per heavy atom. The number of benzene rings is 2. The fourth-order valence-corrected chi connectivity index (χ4v) is 4.97. The molecule has 0 aromatic heterocycles. The maximum Gasteiger partial charge on any atom is 0.308 e. The van der Waals surface area contributed by atoms with E-state index in [1.165, 1.54) is 7.11 Å². The number of hydrogen-bond donors (Lipinski definition) is 2. The quantitative estimate of drug-likeness (QED) is 0.573. The number of fused-ring (bicyclic) bond motifs is 1. The summed E-state index contributed by atoms with van der Waals surface area (Å²) >= 11 is 6.17. The fraction of sp³-hybridized carbons (Fsp3) is 0.435. The van der Waals surface area contributed by atoms with E-state index in [0.29, 0.717) is 28.6 Å². The first-order chi connectivity index (χ1) is 14.8. The third-order valence-corrected chi connectivity index (χ3v) is 6.59. The molecule has 0 radical (unpaired) electrons. The lowest BCUT2D eigenvalue weighted by atomic mass is 9.76. The van der Waals surface area contributed by atoms with Crippen molar-refractivity contribution >= 4 is 28.9 Å².